The maximum atomic E-state index is 10.8. The molecule has 2 aromatic rings. The van der Waals surface area contributed by atoms with Gasteiger partial charge in [-0.05, 0) is 18.5 Å². The van der Waals surface area contributed by atoms with E-state index in [1.807, 2.05) is 12.1 Å². The van der Waals surface area contributed by atoms with Crippen molar-refractivity contribution in [2.75, 3.05) is 13.6 Å². The summed E-state index contributed by atoms with van der Waals surface area (Å²) in [6, 6.07) is 8.10. The first-order valence-electron chi connectivity index (χ1n) is 6.85. The van der Waals surface area contributed by atoms with E-state index in [0.717, 1.165) is 5.56 Å². The average Bonchev–Trinajstić information content (AvgIpc) is 2.86. The number of primary amides is 1. The van der Waals surface area contributed by atoms with Gasteiger partial charge in [0.25, 0.3) is 0 Å². The van der Waals surface area contributed by atoms with Gasteiger partial charge >= 0.3 is 0 Å². The lowest BCUT2D eigenvalue weighted by Gasteiger charge is -2.10. The molecule has 1 aromatic heterocycles. The zero-order valence-corrected chi connectivity index (χ0v) is 12.5. The molecule has 0 spiro atoms. The van der Waals surface area contributed by atoms with E-state index < -0.39 is 0 Å². The highest BCUT2D eigenvalue weighted by Gasteiger charge is 2.12. The summed E-state index contributed by atoms with van der Waals surface area (Å²) in [5.41, 5.74) is 7.31. The predicted octanol–water partition coefficient (Wildman–Crippen LogP) is 1.78. The number of rotatable bonds is 6. The minimum absolute atomic E-state index is 0.154. The summed E-state index contributed by atoms with van der Waals surface area (Å²) in [5, 5.41) is 3.96. The number of carbonyl (C=O) groups is 1. The van der Waals surface area contributed by atoms with Crippen molar-refractivity contribution < 1.29 is 9.32 Å². The molecule has 0 atom stereocenters. The summed E-state index contributed by atoms with van der Waals surface area (Å²) in [6.45, 7) is 4.84. The van der Waals surface area contributed by atoms with Crippen LogP contribution in [0.4, 0.5) is 0 Å². The smallest absolute Gasteiger partial charge is 0.241 e. The molecule has 0 unspecified atom stereocenters. The van der Waals surface area contributed by atoms with Gasteiger partial charge in [0, 0.05) is 5.56 Å². The van der Waals surface area contributed by atoms with Crippen LogP contribution in [0.25, 0.3) is 11.4 Å². The van der Waals surface area contributed by atoms with Crippen LogP contribution < -0.4 is 5.73 Å². The molecule has 0 fully saturated rings. The number of aromatic nitrogens is 2. The van der Waals surface area contributed by atoms with Gasteiger partial charge in [0.1, 0.15) is 0 Å². The van der Waals surface area contributed by atoms with Crippen LogP contribution in [0.1, 0.15) is 31.2 Å². The fourth-order valence-corrected chi connectivity index (χ4v) is 2.01. The van der Waals surface area contributed by atoms with Crippen LogP contribution in [0.15, 0.2) is 28.8 Å². The Morgan fingerprint density at radius 1 is 1.33 bits per heavy atom. The number of amides is 1. The topological polar surface area (TPSA) is 85.3 Å². The van der Waals surface area contributed by atoms with Gasteiger partial charge in [-0.3, -0.25) is 9.69 Å². The zero-order chi connectivity index (χ0) is 15.4. The standard InChI is InChI=1S/C15H20N4O2/c1-10(2)11-4-6-12(7-5-11)15-17-14(21-18-15)9-19(3)8-13(16)20/h4-7,10H,8-9H2,1-3H3,(H2,16,20). The number of likely N-dealkylation sites (N-methyl/N-ethyl adjacent to an activating group) is 1. The van der Waals surface area contributed by atoms with Crippen LogP contribution in [0.2, 0.25) is 0 Å². The first-order valence-corrected chi connectivity index (χ1v) is 6.85. The highest BCUT2D eigenvalue weighted by molar-refractivity contribution is 5.75. The van der Waals surface area contributed by atoms with E-state index in [9.17, 15) is 4.79 Å². The molecule has 0 aliphatic heterocycles. The Bertz CT molecular complexity index is 604. The van der Waals surface area contributed by atoms with Gasteiger partial charge in [-0.1, -0.05) is 43.3 Å². The summed E-state index contributed by atoms with van der Waals surface area (Å²) in [4.78, 5) is 16.9. The molecule has 1 heterocycles. The largest absolute Gasteiger partial charge is 0.369 e. The molecule has 0 radical (unpaired) electrons. The Labute approximate surface area is 123 Å². The number of carbonyl (C=O) groups excluding carboxylic acids is 1. The molecule has 6 nitrogen and oxygen atoms in total. The highest BCUT2D eigenvalue weighted by atomic mass is 16.5. The number of nitrogens with two attached hydrogens (primary N) is 1. The Kier molecular flexibility index (Phi) is 4.70. The van der Waals surface area contributed by atoms with E-state index in [2.05, 4.69) is 36.1 Å². The van der Waals surface area contributed by atoms with Gasteiger partial charge in [0.2, 0.25) is 17.6 Å². The second-order valence-corrected chi connectivity index (χ2v) is 5.43. The quantitative estimate of drug-likeness (QED) is 0.875. The molecule has 2 N–H and O–H groups in total. The van der Waals surface area contributed by atoms with Crippen LogP contribution >= 0.6 is 0 Å². The van der Waals surface area contributed by atoms with Crippen LogP contribution in [-0.2, 0) is 11.3 Å². The Morgan fingerprint density at radius 3 is 2.57 bits per heavy atom. The van der Waals surface area contributed by atoms with Gasteiger partial charge in [-0.2, -0.15) is 4.98 Å². The van der Waals surface area contributed by atoms with E-state index in [4.69, 9.17) is 10.3 Å². The van der Waals surface area contributed by atoms with Crippen LogP contribution in [0.3, 0.4) is 0 Å². The summed E-state index contributed by atoms with van der Waals surface area (Å²) >= 11 is 0. The van der Waals surface area contributed by atoms with Crippen molar-refractivity contribution in [3.05, 3.63) is 35.7 Å². The lowest BCUT2D eigenvalue weighted by Crippen LogP contribution is -2.30. The molecule has 6 heteroatoms. The second kappa shape index (κ2) is 6.49. The molecule has 0 aliphatic carbocycles. The molecule has 0 saturated heterocycles. The van der Waals surface area contributed by atoms with Gasteiger partial charge in [0.15, 0.2) is 0 Å². The maximum absolute atomic E-state index is 10.8. The zero-order valence-electron chi connectivity index (χ0n) is 12.5. The average molecular weight is 288 g/mol. The van der Waals surface area contributed by atoms with Crippen molar-refractivity contribution in [2.24, 2.45) is 5.73 Å². The number of hydrogen-bond acceptors (Lipinski definition) is 5. The molecule has 0 saturated carbocycles. The van der Waals surface area contributed by atoms with E-state index in [-0.39, 0.29) is 12.5 Å². The van der Waals surface area contributed by atoms with Gasteiger partial charge in [-0.25, -0.2) is 0 Å². The van der Waals surface area contributed by atoms with Gasteiger partial charge in [-0.15, -0.1) is 0 Å². The first-order chi connectivity index (χ1) is 9.95. The SMILES string of the molecule is CC(C)c1ccc(-c2noc(CN(C)CC(N)=O)n2)cc1. The van der Waals surface area contributed by atoms with E-state index in [0.29, 0.717) is 24.2 Å². The maximum Gasteiger partial charge on any atom is 0.241 e. The Balaban J connectivity index is 2.07. The number of nitrogens with zero attached hydrogens (tertiary/aromatic N) is 3. The van der Waals surface area contributed by atoms with Crippen molar-refractivity contribution >= 4 is 5.91 Å². The molecular formula is C15H20N4O2. The Hall–Kier alpha value is -2.21. The van der Waals surface area contributed by atoms with Crippen molar-refractivity contribution in [1.82, 2.24) is 15.0 Å². The second-order valence-electron chi connectivity index (χ2n) is 5.43. The summed E-state index contributed by atoms with van der Waals surface area (Å²) < 4.78 is 5.19. The fourth-order valence-electron chi connectivity index (χ4n) is 2.01. The lowest BCUT2D eigenvalue weighted by molar-refractivity contribution is -0.119. The van der Waals surface area contributed by atoms with Crippen molar-refractivity contribution in [3.63, 3.8) is 0 Å². The van der Waals surface area contributed by atoms with Crippen LogP contribution in [0, 0.1) is 0 Å². The minimum atomic E-state index is -0.387. The van der Waals surface area contributed by atoms with Crippen molar-refractivity contribution in [2.45, 2.75) is 26.3 Å². The van der Waals surface area contributed by atoms with Crippen LogP contribution in [0.5, 0.6) is 0 Å². The lowest BCUT2D eigenvalue weighted by atomic mass is 10.0. The summed E-state index contributed by atoms with van der Waals surface area (Å²) in [7, 11) is 1.77. The highest BCUT2D eigenvalue weighted by Crippen LogP contribution is 2.20. The minimum Gasteiger partial charge on any atom is -0.369 e. The molecule has 0 aliphatic rings. The molecule has 2 rings (SSSR count). The summed E-state index contributed by atoms with van der Waals surface area (Å²) in [6.07, 6.45) is 0. The van der Waals surface area contributed by atoms with E-state index in [1.54, 1.807) is 11.9 Å². The molecule has 1 amide bonds. The number of hydrogen-bond donors (Lipinski definition) is 1. The molecular weight excluding hydrogens is 268 g/mol. The molecule has 0 bridgehead atoms. The summed E-state index contributed by atoms with van der Waals surface area (Å²) in [5.74, 6) is 1.11. The molecule has 112 valence electrons. The van der Waals surface area contributed by atoms with Crippen molar-refractivity contribution in [3.8, 4) is 11.4 Å². The third-order valence-electron chi connectivity index (χ3n) is 3.13. The van der Waals surface area contributed by atoms with Crippen LogP contribution in [-0.4, -0.2) is 34.5 Å². The third-order valence-corrected chi connectivity index (χ3v) is 3.13. The first kappa shape index (κ1) is 15.2. The van der Waals surface area contributed by atoms with Gasteiger partial charge in [0.05, 0.1) is 13.1 Å². The molecule has 1 aromatic carbocycles. The molecule has 21 heavy (non-hydrogen) atoms. The fraction of sp³-hybridized carbons (Fsp3) is 0.400. The van der Waals surface area contributed by atoms with E-state index in [1.165, 1.54) is 5.56 Å². The monoisotopic (exact) mass is 288 g/mol. The van der Waals surface area contributed by atoms with E-state index >= 15 is 0 Å². The Morgan fingerprint density at radius 2 is 2.00 bits per heavy atom. The number of benzene rings is 1. The normalized spacial score (nSPS) is 11.3. The van der Waals surface area contributed by atoms with Crippen molar-refractivity contribution in [1.29, 1.82) is 0 Å². The predicted molar refractivity (Wildman–Crippen MR) is 79.4 cm³/mol. The van der Waals surface area contributed by atoms with Gasteiger partial charge < -0.3 is 10.3 Å². The third kappa shape index (κ3) is 4.13.